The van der Waals surface area contributed by atoms with Crippen molar-refractivity contribution < 1.29 is 9.90 Å². The summed E-state index contributed by atoms with van der Waals surface area (Å²) in [7, 11) is 1.99. The third kappa shape index (κ3) is 3.70. The Morgan fingerprint density at radius 3 is 2.71 bits per heavy atom. The van der Waals surface area contributed by atoms with E-state index in [1.165, 1.54) is 0 Å². The summed E-state index contributed by atoms with van der Waals surface area (Å²) < 4.78 is 2.01. The van der Waals surface area contributed by atoms with E-state index >= 15 is 0 Å². The van der Waals surface area contributed by atoms with E-state index < -0.39 is 0 Å². The fourth-order valence-corrected chi connectivity index (χ4v) is 5.34. The van der Waals surface area contributed by atoms with Gasteiger partial charge in [0, 0.05) is 44.5 Å². The number of carbonyl (C=O) groups excluding carboxylic acids is 1. The fraction of sp³-hybridized carbons (Fsp3) is 0.296. The molecule has 0 spiro atoms. The molecule has 4 aromatic rings. The monoisotopic (exact) mass is 468 g/mol. The number of nitrogens with zero attached hydrogens (tertiary/aromatic N) is 4. The SMILES string of the molecule is Cc1cc(Nc2ccc(N3CCC(O)CC3)cn2)c2c(c1-c1ccnc3c1ccn3C)CNC2=O. The number of rotatable bonds is 4. The molecule has 3 N–H and O–H groups in total. The maximum Gasteiger partial charge on any atom is 0.254 e. The predicted molar refractivity (Wildman–Crippen MR) is 137 cm³/mol. The molecule has 6 rings (SSSR count). The number of amides is 1. The lowest BCUT2D eigenvalue weighted by atomic mass is 9.90. The summed E-state index contributed by atoms with van der Waals surface area (Å²) in [6.45, 7) is 4.23. The predicted octanol–water partition coefficient (Wildman–Crippen LogP) is 3.89. The van der Waals surface area contributed by atoms with Gasteiger partial charge in [-0.3, -0.25) is 4.79 Å². The van der Waals surface area contributed by atoms with Crippen molar-refractivity contribution in [3.63, 3.8) is 0 Å². The highest BCUT2D eigenvalue weighted by Crippen LogP contribution is 2.40. The van der Waals surface area contributed by atoms with Crippen molar-refractivity contribution in [1.82, 2.24) is 19.9 Å². The van der Waals surface area contributed by atoms with E-state index in [0.29, 0.717) is 17.9 Å². The molecule has 3 aromatic heterocycles. The third-order valence-electron chi connectivity index (χ3n) is 7.16. The van der Waals surface area contributed by atoms with Gasteiger partial charge in [0.2, 0.25) is 0 Å². The lowest BCUT2D eigenvalue weighted by Gasteiger charge is -2.31. The summed E-state index contributed by atoms with van der Waals surface area (Å²) >= 11 is 0. The molecule has 1 saturated heterocycles. The highest BCUT2D eigenvalue weighted by molar-refractivity contribution is 6.08. The lowest BCUT2D eigenvalue weighted by molar-refractivity contribution is 0.0966. The molecule has 1 fully saturated rings. The molecule has 0 saturated carbocycles. The number of benzene rings is 1. The van der Waals surface area contributed by atoms with Crippen LogP contribution in [0.2, 0.25) is 0 Å². The van der Waals surface area contributed by atoms with Gasteiger partial charge in [-0.25, -0.2) is 9.97 Å². The minimum absolute atomic E-state index is 0.0781. The van der Waals surface area contributed by atoms with Crippen molar-refractivity contribution in [3.8, 4) is 11.1 Å². The highest BCUT2D eigenvalue weighted by Gasteiger charge is 2.28. The van der Waals surface area contributed by atoms with E-state index in [9.17, 15) is 9.90 Å². The molecule has 0 bridgehead atoms. The number of piperidine rings is 1. The maximum atomic E-state index is 12.9. The Kier molecular flexibility index (Phi) is 5.18. The molecule has 8 nitrogen and oxygen atoms in total. The van der Waals surface area contributed by atoms with Crippen LogP contribution in [0.15, 0.2) is 48.9 Å². The van der Waals surface area contributed by atoms with Crippen LogP contribution in [0.3, 0.4) is 0 Å². The summed E-state index contributed by atoms with van der Waals surface area (Å²) in [6.07, 6.45) is 7.04. The molecule has 2 aliphatic rings. The van der Waals surface area contributed by atoms with Crippen LogP contribution in [-0.4, -0.2) is 44.7 Å². The molecule has 35 heavy (non-hydrogen) atoms. The number of hydrogen-bond acceptors (Lipinski definition) is 6. The standard InChI is InChI=1S/C27H28N6O2/c1-16-13-22(31-23-4-3-17(14-29-23)33-11-6-18(34)7-12-33)25-21(15-30-27(25)35)24(16)19-5-9-28-26-20(19)8-10-32(26)2/h3-5,8-10,13-14,18,34H,6-7,11-12,15H2,1-2H3,(H,29,31)(H,30,35). The summed E-state index contributed by atoms with van der Waals surface area (Å²) in [5, 5.41) is 17.2. The number of aromatic nitrogens is 3. The summed E-state index contributed by atoms with van der Waals surface area (Å²) in [5.41, 5.74) is 7.64. The zero-order valence-corrected chi connectivity index (χ0v) is 19.9. The van der Waals surface area contributed by atoms with Gasteiger partial charge >= 0.3 is 0 Å². The van der Waals surface area contributed by atoms with Crippen LogP contribution in [-0.2, 0) is 13.6 Å². The van der Waals surface area contributed by atoms with Crippen LogP contribution in [0.4, 0.5) is 17.2 Å². The van der Waals surface area contributed by atoms with Gasteiger partial charge in [-0.2, -0.15) is 0 Å². The number of nitrogens with one attached hydrogen (secondary N) is 2. The number of pyridine rings is 2. The smallest absolute Gasteiger partial charge is 0.254 e. The van der Waals surface area contributed by atoms with Gasteiger partial charge in [-0.05, 0) is 72.4 Å². The molecule has 2 aliphatic heterocycles. The Labute approximate surface area is 203 Å². The number of aliphatic hydroxyl groups is 1. The number of carbonyl (C=O) groups is 1. The minimum atomic E-state index is -0.204. The van der Waals surface area contributed by atoms with Crippen LogP contribution in [0.1, 0.15) is 34.3 Å². The van der Waals surface area contributed by atoms with E-state index in [1.54, 1.807) is 0 Å². The van der Waals surface area contributed by atoms with Crippen LogP contribution >= 0.6 is 0 Å². The van der Waals surface area contributed by atoms with Gasteiger partial charge in [-0.15, -0.1) is 0 Å². The molecule has 8 heteroatoms. The van der Waals surface area contributed by atoms with E-state index in [1.807, 2.05) is 54.5 Å². The van der Waals surface area contributed by atoms with Crippen LogP contribution in [0, 0.1) is 6.92 Å². The van der Waals surface area contributed by atoms with Crippen LogP contribution in [0.25, 0.3) is 22.2 Å². The quantitative estimate of drug-likeness (QED) is 0.421. The zero-order valence-electron chi connectivity index (χ0n) is 19.9. The number of fused-ring (bicyclic) bond motifs is 2. The average Bonchev–Trinajstić information content (AvgIpc) is 3.43. The number of hydrogen-bond donors (Lipinski definition) is 3. The van der Waals surface area contributed by atoms with E-state index in [4.69, 9.17) is 0 Å². The Morgan fingerprint density at radius 2 is 1.94 bits per heavy atom. The Hall–Kier alpha value is -3.91. The van der Waals surface area contributed by atoms with Crippen molar-refractivity contribution in [2.24, 2.45) is 7.05 Å². The zero-order chi connectivity index (χ0) is 24.1. The molecular weight excluding hydrogens is 440 g/mol. The Morgan fingerprint density at radius 1 is 1.11 bits per heavy atom. The first-order valence-corrected chi connectivity index (χ1v) is 12.0. The summed E-state index contributed by atoms with van der Waals surface area (Å²) in [4.78, 5) is 24.3. The second-order valence-electron chi connectivity index (χ2n) is 9.42. The molecule has 0 aliphatic carbocycles. The van der Waals surface area contributed by atoms with E-state index in [0.717, 1.165) is 70.6 Å². The number of aliphatic hydroxyl groups excluding tert-OH is 1. The first-order chi connectivity index (χ1) is 17.0. The molecule has 0 radical (unpaired) electrons. The molecule has 0 atom stereocenters. The van der Waals surface area contributed by atoms with Gasteiger partial charge in [0.05, 0.1) is 29.2 Å². The van der Waals surface area contributed by atoms with Crippen molar-refractivity contribution in [2.45, 2.75) is 32.4 Å². The Bertz CT molecular complexity index is 1430. The van der Waals surface area contributed by atoms with E-state index in [-0.39, 0.29) is 12.0 Å². The lowest BCUT2D eigenvalue weighted by Crippen LogP contribution is -2.35. The van der Waals surface area contributed by atoms with Crippen molar-refractivity contribution in [1.29, 1.82) is 0 Å². The molecular formula is C27H28N6O2. The first-order valence-electron chi connectivity index (χ1n) is 12.0. The van der Waals surface area contributed by atoms with Gasteiger partial charge in [0.15, 0.2) is 0 Å². The molecule has 178 valence electrons. The topological polar surface area (TPSA) is 95.3 Å². The van der Waals surface area contributed by atoms with Crippen molar-refractivity contribution in [3.05, 3.63) is 65.6 Å². The van der Waals surface area contributed by atoms with Crippen LogP contribution in [0.5, 0.6) is 0 Å². The second-order valence-corrected chi connectivity index (χ2v) is 9.42. The molecule has 1 amide bonds. The maximum absolute atomic E-state index is 12.9. The second kappa shape index (κ2) is 8.39. The highest BCUT2D eigenvalue weighted by atomic mass is 16.3. The fourth-order valence-electron chi connectivity index (χ4n) is 5.34. The number of anilines is 3. The van der Waals surface area contributed by atoms with Crippen molar-refractivity contribution in [2.75, 3.05) is 23.3 Å². The average molecular weight is 469 g/mol. The largest absolute Gasteiger partial charge is 0.393 e. The van der Waals surface area contributed by atoms with Gasteiger partial charge in [0.25, 0.3) is 5.91 Å². The Balaban J connectivity index is 1.36. The molecule has 1 aromatic carbocycles. The normalized spacial score (nSPS) is 16.0. The van der Waals surface area contributed by atoms with Gasteiger partial charge in [-0.1, -0.05) is 0 Å². The first kappa shape index (κ1) is 21.6. The number of aryl methyl sites for hydroxylation is 2. The van der Waals surface area contributed by atoms with Crippen molar-refractivity contribution >= 4 is 34.1 Å². The third-order valence-corrected chi connectivity index (χ3v) is 7.16. The van der Waals surface area contributed by atoms with Gasteiger partial charge in [0.1, 0.15) is 11.5 Å². The summed E-state index contributed by atoms with van der Waals surface area (Å²) in [6, 6.07) is 10.1. The molecule has 5 heterocycles. The minimum Gasteiger partial charge on any atom is -0.393 e. The molecule has 0 unspecified atom stereocenters. The summed E-state index contributed by atoms with van der Waals surface area (Å²) in [5.74, 6) is 0.611. The van der Waals surface area contributed by atoms with Crippen LogP contribution < -0.4 is 15.5 Å². The van der Waals surface area contributed by atoms with E-state index in [2.05, 4.69) is 38.5 Å². The van der Waals surface area contributed by atoms with Gasteiger partial charge < -0.3 is 25.2 Å².